The Balaban J connectivity index is 1.74. The lowest BCUT2D eigenvalue weighted by Crippen LogP contribution is -2.35. The number of H-pyrrole nitrogens is 1. The first-order valence-electron chi connectivity index (χ1n) is 11.4. The van der Waals surface area contributed by atoms with Gasteiger partial charge in [-0.05, 0) is 29.8 Å². The molecule has 0 unspecified atom stereocenters. The van der Waals surface area contributed by atoms with Gasteiger partial charge in [-0.15, -0.1) is 11.3 Å². The van der Waals surface area contributed by atoms with Crippen LogP contribution in [0.1, 0.15) is 34.9 Å². The SMILES string of the molecule is COc1ccc(-c2[nH]c(=O)n([C@H](C(=O)Nc3nc(C(=O)N(C)C)cs3)[C@@H](C)c3ccccc3)c2O)cc1. The van der Waals surface area contributed by atoms with Crippen molar-refractivity contribution in [2.24, 2.45) is 0 Å². The number of imidazole rings is 1. The first kappa shape index (κ1) is 25.7. The molecule has 0 aliphatic carbocycles. The number of thiazole rings is 1. The predicted octanol–water partition coefficient (Wildman–Crippen LogP) is 3.70. The predicted molar refractivity (Wildman–Crippen MR) is 141 cm³/mol. The number of amides is 2. The van der Waals surface area contributed by atoms with Crippen molar-refractivity contribution in [2.45, 2.75) is 18.9 Å². The molecule has 2 amide bonds. The van der Waals surface area contributed by atoms with E-state index in [1.165, 1.54) is 4.90 Å². The van der Waals surface area contributed by atoms with Crippen molar-refractivity contribution in [2.75, 3.05) is 26.5 Å². The number of ether oxygens (including phenoxy) is 1. The molecule has 0 saturated carbocycles. The molecule has 192 valence electrons. The zero-order valence-corrected chi connectivity index (χ0v) is 21.6. The molecule has 2 heterocycles. The number of anilines is 1. The van der Waals surface area contributed by atoms with Crippen LogP contribution in [-0.4, -0.2) is 57.6 Å². The van der Waals surface area contributed by atoms with Crippen molar-refractivity contribution in [1.82, 2.24) is 19.4 Å². The number of benzene rings is 2. The van der Waals surface area contributed by atoms with Crippen molar-refractivity contribution < 1.29 is 19.4 Å². The number of methoxy groups -OCH3 is 1. The molecule has 2 atom stereocenters. The Hall–Kier alpha value is -4.38. The smallest absolute Gasteiger partial charge is 0.329 e. The van der Waals surface area contributed by atoms with Crippen LogP contribution in [0.5, 0.6) is 11.6 Å². The standard InChI is InChI=1S/C26H27N5O5S/c1-15(16-8-6-5-7-9-16)21(22(32)29-25-27-19(14-37-25)23(33)30(2)3)31-24(34)20(28-26(31)35)17-10-12-18(36-4)13-11-17/h5-15,21,34H,1-4H3,(H,28,35)(H,27,29,32)/t15-,21-/m0/s1. The van der Waals surface area contributed by atoms with Crippen LogP contribution in [0.15, 0.2) is 64.8 Å². The molecule has 0 saturated heterocycles. The summed E-state index contributed by atoms with van der Waals surface area (Å²) in [5, 5.41) is 15.6. The number of hydrogen-bond donors (Lipinski definition) is 3. The second-order valence-corrected chi connectivity index (χ2v) is 9.46. The average molecular weight is 522 g/mol. The lowest BCUT2D eigenvalue weighted by molar-refractivity contribution is -0.120. The molecule has 0 bridgehead atoms. The third-order valence-electron chi connectivity index (χ3n) is 5.99. The minimum Gasteiger partial charge on any atom is -0.497 e. The molecule has 2 aromatic carbocycles. The molecule has 2 aromatic heterocycles. The highest BCUT2D eigenvalue weighted by molar-refractivity contribution is 7.14. The Morgan fingerprint density at radius 1 is 1.14 bits per heavy atom. The fourth-order valence-electron chi connectivity index (χ4n) is 4.00. The van der Waals surface area contributed by atoms with Crippen molar-refractivity contribution >= 4 is 28.3 Å². The van der Waals surface area contributed by atoms with E-state index in [2.05, 4.69) is 15.3 Å². The number of hydrogen-bond acceptors (Lipinski definition) is 7. The van der Waals surface area contributed by atoms with E-state index in [0.29, 0.717) is 11.3 Å². The van der Waals surface area contributed by atoms with Gasteiger partial charge in [-0.2, -0.15) is 0 Å². The topological polar surface area (TPSA) is 130 Å². The van der Waals surface area contributed by atoms with Gasteiger partial charge < -0.3 is 25.0 Å². The summed E-state index contributed by atoms with van der Waals surface area (Å²) in [6, 6.07) is 14.9. The normalized spacial score (nSPS) is 12.5. The number of aromatic hydroxyl groups is 1. The van der Waals surface area contributed by atoms with Crippen molar-refractivity contribution in [1.29, 1.82) is 0 Å². The van der Waals surface area contributed by atoms with Gasteiger partial charge in [-0.1, -0.05) is 37.3 Å². The van der Waals surface area contributed by atoms with Gasteiger partial charge in [0.05, 0.1) is 7.11 Å². The first-order valence-corrected chi connectivity index (χ1v) is 12.3. The number of nitrogens with one attached hydrogen (secondary N) is 2. The van der Waals surface area contributed by atoms with E-state index in [0.717, 1.165) is 21.5 Å². The highest BCUT2D eigenvalue weighted by Gasteiger charge is 2.34. The van der Waals surface area contributed by atoms with Gasteiger partial charge in [-0.3, -0.25) is 9.59 Å². The maximum absolute atomic E-state index is 13.6. The minimum absolute atomic E-state index is 0.179. The van der Waals surface area contributed by atoms with Gasteiger partial charge >= 0.3 is 5.69 Å². The molecule has 4 aromatic rings. The maximum Gasteiger partial charge on any atom is 0.329 e. The van der Waals surface area contributed by atoms with E-state index in [4.69, 9.17) is 4.74 Å². The van der Waals surface area contributed by atoms with Crippen LogP contribution in [0.25, 0.3) is 11.3 Å². The summed E-state index contributed by atoms with van der Waals surface area (Å²) in [5.74, 6) is -1.12. The Kier molecular flexibility index (Phi) is 7.44. The molecule has 3 N–H and O–H groups in total. The van der Waals surface area contributed by atoms with E-state index in [1.54, 1.807) is 57.8 Å². The van der Waals surface area contributed by atoms with Crippen LogP contribution in [0.3, 0.4) is 0 Å². The van der Waals surface area contributed by atoms with Gasteiger partial charge in [-0.25, -0.2) is 14.3 Å². The largest absolute Gasteiger partial charge is 0.497 e. The number of carbonyl (C=O) groups is 2. The third-order valence-corrected chi connectivity index (χ3v) is 6.74. The fourth-order valence-corrected chi connectivity index (χ4v) is 4.69. The molecule has 0 aliphatic heterocycles. The number of carbonyl (C=O) groups excluding carboxylic acids is 2. The monoisotopic (exact) mass is 521 g/mol. The molecular weight excluding hydrogens is 494 g/mol. The molecule has 4 rings (SSSR count). The molecule has 37 heavy (non-hydrogen) atoms. The third kappa shape index (κ3) is 5.26. The average Bonchev–Trinajstić information content (AvgIpc) is 3.48. The van der Waals surface area contributed by atoms with Crippen molar-refractivity contribution in [3.05, 3.63) is 81.7 Å². The maximum atomic E-state index is 13.6. The molecule has 0 aliphatic rings. The number of aromatic nitrogens is 3. The van der Waals surface area contributed by atoms with Gasteiger partial charge in [0.25, 0.3) is 5.91 Å². The zero-order valence-electron chi connectivity index (χ0n) is 20.8. The number of nitrogens with zero attached hydrogens (tertiary/aromatic N) is 3. The molecule has 0 fully saturated rings. The molecule has 0 radical (unpaired) electrons. The summed E-state index contributed by atoms with van der Waals surface area (Å²) in [5.41, 5.74) is 1.07. The number of aromatic amines is 1. The van der Waals surface area contributed by atoms with E-state index >= 15 is 0 Å². The van der Waals surface area contributed by atoms with E-state index in [-0.39, 0.29) is 28.3 Å². The molecular formula is C26H27N5O5S. The minimum atomic E-state index is -1.13. The van der Waals surface area contributed by atoms with E-state index in [9.17, 15) is 19.5 Å². The summed E-state index contributed by atoms with van der Waals surface area (Å²) in [6.45, 7) is 1.80. The zero-order chi connectivity index (χ0) is 26.7. The molecule has 0 spiro atoms. The summed E-state index contributed by atoms with van der Waals surface area (Å²) < 4.78 is 6.23. The van der Waals surface area contributed by atoms with Crippen LogP contribution in [-0.2, 0) is 4.79 Å². The Labute approximate surface area is 217 Å². The lowest BCUT2D eigenvalue weighted by Gasteiger charge is -2.24. The summed E-state index contributed by atoms with van der Waals surface area (Å²) in [7, 11) is 4.76. The summed E-state index contributed by atoms with van der Waals surface area (Å²) >= 11 is 1.10. The highest BCUT2D eigenvalue weighted by Crippen LogP contribution is 2.35. The van der Waals surface area contributed by atoms with Crippen LogP contribution in [0, 0.1) is 0 Å². The lowest BCUT2D eigenvalue weighted by atomic mass is 9.92. The van der Waals surface area contributed by atoms with E-state index in [1.807, 2.05) is 30.3 Å². The fraction of sp³-hybridized carbons (Fsp3) is 0.231. The Morgan fingerprint density at radius 2 is 1.81 bits per heavy atom. The van der Waals surface area contributed by atoms with Gasteiger partial charge in [0, 0.05) is 31.0 Å². The van der Waals surface area contributed by atoms with Gasteiger partial charge in [0.2, 0.25) is 11.8 Å². The first-order chi connectivity index (χ1) is 17.7. The number of rotatable bonds is 8. The Bertz CT molecular complexity index is 1460. The summed E-state index contributed by atoms with van der Waals surface area (Å²) in [6.07, 6.45) is 0. The van der Waals surface area contributed by atoms with E-state index < -0.39 is 23.6 Å². The quantitative estimate of drug-likeness (QED) is 0.324. The summed E-state index contributed by atoms with van der Waals surface area (Å²) in [4.78, 5) is 47.3. The van der Waals surface area contributed by atoms with Crippen LogP contribution >= 0.6 is 11.3 Å². The van der Waals surface area contributed by atoms with Gasteiger partial charge in [0.15, 0.2) is 5.13 Å². The van der Waals surface area contributed by atoms with Crippen LogP contribution in [0.4, 0.5) is 5.13 Å². The molecule has 10 nitrogen and oxygen atoms in total. The van der Waals surface area contributed by atoms with Crippen LogP contribution < -0.4 is 15.7 Å². The second kappa shape index (κ2) is 10.7. The Morgan fingerprint density at radius 3 is 2.43 bits per heavy atom. The van der Waals surface area contributed by atoms with Crippen molar-refractivity contribution in [3.63, 3.8) is 0 Å². The molecule has 11 heteroatoms. The highest BCUT2D eigenvalue weighted by atomic mass is 32.1. The van der Waals surface area contributed by atoms with Crippen molar-refractivity contribution in [3.8, 4) is 22.9 Å². The second-order valence-electron chi connectivity index (χ2n) is 8.60. The van der Waals surface area contributed by atoms with Gasteiger partial charge in [0.1, 0.15) is 23.2 Å². The van der Waals surface area contributed by atoms with Crippen LogP contribution in [0.2, 0.25) is 0 Å².